The molecule has 0 unspecified atom stereocenters. The second kappa shape index (κ2) is 6.22. The number of carbonyl (C=O) groups is 1. The van der Waals surface area contributed by atoms with E-state index in [1.54, 1.807) is 6.20 Å². The van der Waals surface area contributed by atoms with Gasteiger partial charge in [0.1, 0.15) is 4.60 Å². The highest BCUT2D eigenvalue weighted by atomic mass is 79.9. The minimum Gasteiger partial charge on any atom is -0.336 e. The first-order valence-corrected chi connectivity index (χ1v) is 8.18. The van der Waals surface area contributed by atoms with Crippen molar-refractivity contribution in [3.8, 4) is 0 Å². The van der Waals surface area contributed by atoms with Crippen molar-refractivity contribution in [3.63, 3.8) is 0 Å². The molecule has 1 amide bonds. The predicted octanol–water partition coefficient (Wildman–Crippen LogP) is 2.54. The van der Waals surface area contributed by atoms with E-state index in [1.165, 1.54) is 25.7 Å². The molecule has 0 bridgehead atoms. The molecule has 2 aliphatic rings. The molecule has 2 heterocycles. The second-order valence-corrected chi connectivity index (χ2v) is 6.45. The van der Waals surface area contributed by atoms with Crippen molar-refractivity contribution in [2.24, 2.45) is 0 Å². The third-order valence-corrected chi connectivity index (χ3v) is 4.89. The van der Waals surface area contributed by atoms with Crippen LogP contribution >= 0.6 is 15.9 Å². The Hall–Kier alpha value is -0.940. The normalized spacial score (nSPS) is 21.4. The van der Waals surface area contributed by atoms with E-state index in [9.17, 15) is 4.79 Å². The van der Waals surface area contributed by atoms with Crippen molar-refractivity contribution in [2.45, 2.75) is 31.7 Å². The summed E-state index contributed by atoms with van der Waals surface area (Å²) >= 11 is 3.29. The number of pyridine rings is 1. The van der Waals surface area contributed by atoms with Gasteiger partial charge in [-0.25, -0.2) is 4.98 Å². The molecular weight excluding hydrogens is 318 g/mol. The van der Waals surface area contributed by atoms with Crippen LogP contribution < -0.4 is 0 Å². The summed E-state index contributed by atoms with van der Waals surface area (Å²) in [6.45, 7) is 3.71. The van der Waals surface area contributed by atoms with E-state index in [0.29, 0.717) is 5.56 Å². The number of hydrogen-bond acceptors (Lipinski definition) is 3. The predicted molar refractivity (Wildman–Crippen MR) is 81.7 cm³/mol. The summed E-state index contributed by atoms with van der Waals surface area (Å²) in [6, 6.07) is 4.42. The Labute approximate surface area is 128 Å². The minimum absolute atomic E-state index is 0.107. The van der Waals surface area contributed by atoms with E-state index in [-0.39, 0.29) is 5.91 Å². The number of halogens is 1. The molecule has 2 fully saturated rings. The summed E-state index contributed by atoms with van der Waals surface area (Å²) in [5.41, 5.74) is 0.683. The smallest absolute Gasteiger partial charge is 0.255 e. The Balaban J connectivity index is 1.57. The van der Waals surface area contributed by atoms with Crippen molar-refractivity contribution in [3.05, 3.63) is 28.5 Å². The maximum absolute atomic E-state index is 12.4. The van der Waals surface area contributed by atoms with Crippen LogP contribution in [0, 0.1) is 0 Å². The summed E-state index contributed by atoms with van der Waals surface area (Å²) in [5.74, 6) is 0.107. The number of amides is 1. The fraction of sp³-hybridized carbons (Fsp3) is 0.600. The van der Waals surface area contributed by atoms with Crippen LogP contribution in [0.1, 0.15) is 36.0 Å². The zero-order valence-corrected chi connectivity index (χ0v) is 13.2. The Morgan fingerprint density at radius 3 is 2.45 bits per heavy atom. The highest BCUT2D eigenvalue weighted by Gasteiger charge is 2.28. The minimum atomic E-state index is 0.107. The van der Waals surface area contributed by atoms with Gasteiger partial charge in [0.05, 0.1) is 5.56 Å². The van der Waals surface area contributed by atoms with Crippen LogP contribution in [0.4, 0.5) is 0 Å². The lowest BCUT2D eigenvalue weighted by molar-refractivity contribution is 0.0573. The van der Waals surface area contributed by atoms with Crippen molar-refractivity contribution in [1.29, 1.82) is 0 Å². The number of nitrogens with zero attached hydrogens (tertiary/aromatic N) is 3. The number of hydrogen-bond donors (Lipinski definition) is 0. The van der Waals surface area contributed by atoms with Crippen molar-refractivity contribution in [2.75, 3.05) is 26.2 Å². The highest BCUT2D eigenvalue weighted by Crippen LogP contribution is 2.24. The third kappa shape index (κ3) is 3.04. The van der Waals surface area contributed by atoms with Gasteiger partial charge in [-0.2, -0.15) is 0 Å². The molecule has 0 atom stereocenters. The van der Waals surface area contributed by atoms with Crippen LogP contribution in [0.25, 0.3) is 0 Å². The lowest BCUT2D eigenvalue weighted by atomic mass is 10.1. The monoisotopic (exact) mass is 337 g/mol. The van der Waals surface area contributed by atoms with Gasteiger partial charge in [0.25, 0.3) is 5.91 Å². The third-order valence-electron chi connectivity index (χ3n) is 4.42. The molecule has 3 rings (SSSR count). The second-order valence-electron chi connectivity index (χ2n) is 5.64. The Kier molecular flexibility index (Phi) is 4.36. The molecule has 108 valence electrons. The Bertz CT molecular complexity index is 463. The van der Waals surface area contributed by atoms with Crippen LogP contribution in [-0.4, -0.2) is 52.9 Å². The SMILES string of the molecule is O=C(c1ccc(Br)nc1)N1CCN(C2CCCC2)CC1. The van der Waals surface area contributed by atoms with Gasteiger partial charge in [0.2, 0.25) is 0 Å². The van der Waals surface area contributed by atoms with E-state index in [2.05, 4.69) is 25.8 Å². The summed E-state index contributed by atoms with van der Waals surface area (Å²) in [4.78, 5) is 21.0. The first-order chi connectivity index (χ1) is 9.74. The lowest BCUT2D eigenvalue weighted by Crippen LogP contribution is -2.51. The summed E-state index contributed by atoms with van der Waals surface area (Å²) in [6.07, 6.45) is 7.06. The van der Waals surface area contributed by atoms with Crippen LogP contribution in [0.2, 0.25) is 0 Å². The molecule has 0 aromatic carbocycles. The van der Waals surface area contributed by atoms with Crippen molar-refractivity contribution in [1.82, 2.24) is 14.8 Å². The van der Waals surface area contributed by atoms with Gasteiger partial charge < -0.3 is 4.90 Å². The van der Waals surface area contributed by atoms with Gasteiger partial charge in [0, 0.05) is 38.4 Å². The number of carbonyl (C=O) groups excluding carboxylic acids is 1. The standard InChI is InChI=1S/C15H20BrN3O/c16-14-6-5-12(11-17-14)15(20)19-9-7-18(8-10-19)13-3-1-2-4-13/h5-6,11,13H,1-4,7-10H2. The fourth-order valence-corrected chi connectivity index (χ4v) is 3.48. The maximum Gasteiger partial charge on any atom is 0.255 e. The van der Waals surface area contributed by atoms with Crippen LogP contribution in [0.5, 0.6) is 0 Å². The average Bonchev–Trinajstić information content (AvgIpc) is 3.02. The Morgan fingerprint density at radius 2 is 1.85 bits per heavy atom. The topological polar surface area (TPSA) is 36.4 Å². The molecule has 1 aromatic rings. The van der Waals surface area contributed by atoms with Gasteiger partial charge in [0.15, 0.2) is 0 Å². The van der Waals surface area contributed by atoms with E-state index in [0.717, 1.165) is 36.8 Å². The van der Waals surface area contributed by atoms with Crippen LogP contribution in [0.3, 0.4) is 0 Å². The molecular formula is C15H20BrN3O. The summed E-state index contributed by atoms with van der Waals surface area (Å²) in [7, 11) is 0. The van der Waals surface area contributed by atoms with Crippen molar-refractivity contribution >= 4 is 21.8 Å². The largest absolute Gasteiger partial charge is 0.336 e. The van der Waals surface area contributed by atoms with E-state index in [1.807, 2.05) is 17.0 Å². The van der Waals surface area contributed by atoms with Crippen LogP contribution in [-0.2, 0) is 0 Å². The zero-order chi connectivity index (χ0) is 13.9. The summed E-state index contributed by atoms with van der Waals surface area (Å²) < 4.78 is 0.764. The molecule has 4 nitrogen and oxygen atoms in total. The Morgan fingerprint density at radius 1 is 1.15 bits per heavy atom. The molecule has 1 saturated heterocycles. The van der Waals surface area contributed by atoms with Gasteiger partial charge in [-0.1, -0.05) is 12.8 Å². The summed E-state index contributed by atoms with van der Waals surface area (Å²) in [5, 5.41) is 0. The van der Waals surface area contributed by atoms with E-state index >= 15 is 0 Å². The molecule has 0 spiro atoms. The molecule has 0 N–H and O–H groups in total. The highest BCUT2D eigenvalue weighted by molar-refractivity contribution is 9.10. The lowest BCUT2D eigenvalue weighted by Gasteiger charge is -2.38. The number of rotatable bonds is 2. The molecule has 0 radical (unpaired) electrons. The maximum atomic E-state index is 12.4. The van der Waals surface area contributed by atoms with E-state index < -0.39 is 0 Å². The molecule has 1 aliphatic heterocycles. The molecule has 1 saturated carbocycles. The quantitative estimate of drug-likeness (QED) is 0.778. The van der Waals surface area contributed by atoms with Gasteiger partial charge in [-0.15, -0.1) is 0 Å². The molecule has 1 aliphatic carbocycles. The van der Waals surface area contributed by atoms with Gasteiger partial charge in [-0.3, -0.25) is 9.69 Å². The first-order valence-electron chi connectivity index (χ1n) is 7.39. The van der Waals surface area contributed by atoms with Gasteiger partial charge >= 0.3 is 0 Å². The fourth-order valence-electron chi connectivity index (χ4n) is 3.24. The molecule has 20 heavy (non-hydrogen) atoms. The molecule has 1 aromatic heterocycles. The first kappa shape index (κ1) is 14.0. The average molecular weight is 338 g/mol. The van der Waals surface area contributed by atoms with Crippen molar-refractivity contribution < 1.29 is 4.79 Å². The number of piperazine rings is 1. The number of aromatic nitrogens is 1. The van der Waals surface area contributed by atoms with Crippen LogP contribution in [0.15, 0.2) is 22.9 Å². The molecule has 5 heteroatoms. The zero-order valence-electron chi connectivity index (χ0n) is 11.6. The van der Waals surface area contributed by atoms with Gasteiger partial charge in [-0.05, 0) is 40.9 Å². The van der Waals surface area contributed by atoms with E-state index in [4.69, 9.17) is 0 Å².